The molecule has 4 aliphatic rings. The summed E-state index contributed by atoms with van der Waals surface area (Å²) in [5, 5.41) is 0. The summed E-state index contributed by atoms with van der Waals surface area (Å²) < 4.78 is 22.7. The van der Waals surface area contributed by atoms with Gasteiger partial charge in [-0.3, -0.25) is 4.79 Å². The lowest BCUT2D eigenvalue weighted by molar-refractivity contribution is -0.118. The first-order chi connectivity index (χ1) is 13.1. The molecule has 1 saturated heterocycles. The van der Waals surface area contributed by atoms with Crippen LogP contribution in [0.15, 0.2) is 46.9 Å². The van der Waals surface area contributed by atoms with Gasteiger partial charge in [0.25, 0.3) is 0 Å². The second kappa shape index (κ2) is 7.43. The van der Waals surface area contributed by atoms with E-state index in [9.17, 15) is 4.79 Å². The van der Waals surface area contributed by atoms with Crippen LogP contribution in [0.1, 0.15) is 26.2 Å². The Morgan fingerprint density at radius 1 is 1.22 bits per heavy atom. The first-order valence-corrected chi connectivity index (χ1v) is 9.62. The van der Waals surface area contributed by atoms with Crippen LogP contribution in [0.5, 0.6) is 0 Å². The maximum Gasteiger partial charge on any atom is 0.197 e. The fourth-order valence-electron chi connectivity index (χ4n) is 4.17. The third-order valence-electron chi connectivity index (χ3n) is 5.81. The molecule has 0 saturated carbocycles. The summed E-state index contributed by atoms with van der Waals surface area (Å²) in [7, 11) is 3.33. The van der Waals surface area contributed by atoms with Crippen molar-refractivity contribution in [2.45, 2.75) is 32.3 Å². The van der Waals surface area contributed by atoms with E-state index < -0.39 is 0 Å². The monoisotopic (exact) mass is 373 g/mol. The molecule has 0 radical (unpaired) electrons. The Morgan fingerprint density at radius 3 is 2.78 bits per heavy atom. The minimum Gasteiger partial charge on any atom is -0.497 e. The fraction of sp³-hybridized carbons (Fsp3) is 0.571. The van der Waals surface area contributed by atoms with E-state index in [-0.39, 0.29) is 23.7 Å². The zero-order valence-electron chi connectivity index (χ0n) is 16.2. The summed E-state index contributed by atoms with van der Waals surface area (Å²) in [6, 6.07) is 0. The van der Waals surface area contributed by atoms with Crippen molar-refractivity contribution in [1.82, 2.24) is 4.90 Å². The molecular weight excluding hydrogens is 346 g/mol. The summed E-state index contributed by atoms with van der Waals surface area (Å²) in [4.78, 5) is 14.7. The van der Waals surface area contributed by atoms with Crippen molar-refractivity contribution < 1.29 is 23.7 Å². The number of allylic oxidation sites excluding steroid dienone is 5. The molecule has 1 aliphatic carbocycles. The largest absolute Gasteiger partial charge is 0.497 e. The Labute approximate surface area is 160 Å². The van der Waals surface area contributed by atoms with Gasteiger partial charge >= 0.3 is 0 Å². The molecule has 146 valence electrons. The van der Waals surface area contributed by atoms with Crippen LogP contribution in [0, 0.1) is 11.8 Å². The highest BCUT2D eigenvalue weighted by molar-refractivity contribution is 5.95. The number of hydrogen-bond acceptors (Lipinski definition) is 6. The molecule has 0 aromatic carbocycles. The van der Waals surface area contributed by atoms with E-state index in [1.54, 1.807) is 20.3 Å². The van der Waals surface area contributed by atoms with E-state index in [4.69, 9.17) is 18.9 Å². The van der Waals surface area contributed by atoms with Crippen molar-refractivity contribution in [3.8, 4) is 0 Å². The maximum absolute atomic E-state index is 12.5. The van der Waals surface area contributed by atoms with Gasteiger partial charge in [0.2, 0.25) is 0 Å². The number of carbonyl (C=O) groups is 1. The highest BCUT2D eigenvalue weighted by atomic mass is 16.5. The smallest absolute Gasteiger partial charge is 0.197 e. The predicted molar refractivity (Wildman–Crippen MR) is 99.2 cm³/mol. The SMILES string of the molecule is COC1=C(OC)CC2CN3C(OCC4CCCO4)=CC(=O)C(C)C3=CC2=C1. The number of fused-ring (bicyclic) bond motifs is 2. The summed E-state index contributed by atoms with van der Waals surface area (Å²) in [6.45, 7) is 3.99. The lowest BCUT2D eigenvalue weighted by atomic mass is 9.82. The highest BCUT2D eigenvalue weighted by Crippen LogP contribution is 2.41. The first kappa shape index (κ1) is 18.2. The van der Waals surface area contributed by atoms with Crippen LogP contribution in [0.25, 0.3) is 0 Å². The zero-order valence-corrected chi connectivity index (χ0v) is 16.2. The van der Waals surface area contributed by atoms with Crippen molar-refractivity contribution >= 4 is 5.78 Å². The molecule has 6 nitrogen and oxygen atoms in total. The number of hydrogen-bond donors (Lipinski definition) is 0. The predicted octanol–water partition coefficient (Wildman–Crippen LogP) is 2.89. The van der Waals surface area contributed by atoms with Crippen LogP contribution < -0.4 is 0 Å². The van der Waals surface area contributed by atoms with Gasteiger partial charge in [-0.1, -0.05) is 0 Å². The van der Waals surface area contributed by atoms with Gasteiger partial charge in [-0.25, -0.2) is 0 Å². The van der Waals surface area contributed by atoms with Crippen LogP contribution in [-0.4, -0.2) is 50.8 Å². The van der Waals surface area contributed by atoms with Crippen LogP contribution in [0.4, 0.5) is 0 Å². The van der Waals surface area contributed by atoms with Crippen molar-refractivity contribution in [2.75, 3.05) is 34.0 Å². The van der Waals surface area contributed by atoms with Gasteiger partial charge in [0.1, 0.15) is 12.4 Å². The van der Waals surface area contributed by atoms with Gasteiger partial charge in [-0.05, 0) is 37.5 Å². The number of ketones is 1. The Morgan fingerprint density at radius 2 is 2.07 bits per heavy atom. The normalized spacial score (nSPS) is 30.2. The van der Waals surface area contributed by atoms with Gasteiger partial charge in [-0.15, -0.1) is 0 Å². The van der Waals surface area contributed by atoms with Crippen molar-refractivity contribution in [1.29, 1.82) is 0 Å². The van der Waals surface area contributed by atoms with Crippen molar-refractivity contribution in [3.63, 3.8) is 0 Å². The van der Waals surface area contributed by atoms with E-state index in [2.05, 4.69) is 11.0 Å². The molecule has 0 aromatic heterocycles. The number of nitrogens with zero attached hydrogens (tertiary/aromatic N) is 1. The highest BCUT2D eigenvalue weighted by Gasteiger charge is 2.38. The number of methoxy groups -OCH3 is 2. The zero-order chi connectivity index (χ0) is 19.0. The molecule has 6 heteroatoms. The Hall–Kier alpha value is -2.21. The van der Waals surface area contributed by atoms with Crippen LogP contribution in [-0.2, 0) is 23.7 Å². The van der Waals surface area contributed by atoms with Crippen LogP contribution in [0.3, 0.4) is 0 Å². The minimum atomic E-state index is -0.180. The molecule has 0 N–H and O–H groups in total. The first-order valence-electron chi connectivity index (χ1n) is 9.62. The number of ether oxygens (including phenoxy) is 4. The number of carbonyl (C=O) groups excluding carboxylic acids is 1. The summed E-state index contributed by atoms with van der Waals surface area (Å²) in [5.41, 5.74) is 2.17. The molecule has 3 atom stereocenters. The third-order valence-corrected chi connectivity index (χ3v) is 5.81. The summed E-state index contributed by atoms with van der Waals surface area (Å²) >= 11 is 0. The summed E-state index contributed by atoms with van der Waals surface area (Å²) in [5.74, 6) is 2.43. The van der Waals surface area contributed by atoms with Gasteiger partial charge in [-0.2, -0.15) is 0 Å². The molecule has 4 rings (SSSR count). The topological polar surface area (TPSA) is 57.2 Å². The van der Waals surface area contributed by atoms with Gasteiger partial charge in [0.15, 0.2) is 17.4 Å². The van der Waals surface area contributed by atoms with E-state index in [1.165, 1.54) is 5.57 Å². The minimum absolute atomic E-state index is 0.0785. The Bertz CT molecular complexity index is 742. The molecule has 3 unspecified atom stereocenters. The molecular formula is C21H27NO5. The van der Waals surface area contributed by atoms with Gasteiger partial charge < -0.3 is 23.8 Å². The molecule has 1 fully saturated rings. The standard InChI is InChI=1S/C21H27NO5/c1-13-17-7-14-8-19(24-2)20(25-3)9-15(14)11-22(17)21(10-18(13)23)27-12-16-5-4-6-26-16/h7-8,10,13,15-16H,4-6,9,11-12H2,1-3H3. The van der Waals surface area contributed by atoms with E-state index in [0.29, 0.717) is 12.5 Å². The Kier molecular flexibility index (Phi) is 5.00. The van der Waals surface area contributed by atoms with Crippen molar-refractivity contribution in [3.05, 3.63) is 46.9 Å². The van der Waals surface area contributed by atoms with E-state index in [1.807, 2.05) is 13.0 Å². The average molecular weight is 373 g/mol. The van der Waals surface area contributed by atoms with E-state index >= 15 is 0 Å². The quantitative estimate of drug-likeness (QED) is 0.739. The van der Waals surface area contributed by atoms with Crippen LogP contribution in [0.2, 0.25) is 0 Å². The Balaban J connectivity index is 1.60. The third kappa shape index (κ3) is 3.38. The molecule has 3 heterocycles. The molecule has 0 aromatic rings. The molecule has 0 bridgehead atoms. The molecule has 0 amide bonds. The van der Waals surface area contributed by atoms with Gasteiger partial charge in [0.05, 0.1) is 26.2 Å². The second-order valence-electron chi connectivity index (χ2n) is 7.47. The van der Waals surface area contributed by atoms with Crippen molar-refractivity contribution in [2.24, 2.45) is 11.8 Å². The lowest BCUT2D eigenvalue weighted by Crippen LogP contribution is -2.42. The lowest BCUT2D eigenvalue weighted by Gasteiger charge is -2.42. The summed E-state index contributed by atoms with van der Waals surface area (Å²) in [6.07, 6.45) is 8.76. The fourth-order valence-corrected chi connectivity index (χ4v) is 4.17. The molecule has 3 aliphatic heterocycles. The average Bonchev–Trinajstić information content (AvgIpc) is 3.21. The second-order valence-corrected chi connectivity index (χ2v) is 7.47. The molecule has 27 heavy (non-hydrogen) atoms. The molecule has 0 spiro atoms. The van der Waals surface area contributed by atoms with E-state index in [0.717, 1.165) is 49.6 Å². The number of rotatable bonds is 5. The maximum atomic E-state index is 12.5. The van der Waals surface area contributed by atoms with Gasteiger partial charge in [0, 0.05) is 37.3 Å². The van der Waals surface area contributed by atoms with Crippen LogP contribution >= 0.6 is 0 Å².